The molecule has 32 heavy (non-hydrogen) atoms. The highest BCUT2D eigenvalue weighted by Gasteiger charge is 2.33. The van der Waals surface area contributed by atoms with E-state index in [1.165, 1.54) is 23.1 Å². The predicted molar refractivity (Wildman–Crippen MR) is 116 cm³/mol. The average Bonchev–Trinajstić information content (AvgIpc) is 3.33. The van der Waals surface area contributed by atoms with Crippen LogP contribution in [0.1, 0.15) is 28.9 Å². The van der Waals surface area contributed by atoms with Gasteiger partial charge in [0.1, 0.15) is 5.82 Å². The summed E-state index contributed by atoms with van der Waals surface area (Å²) in [4.78, 5) is 27.3. The van der Waals surface area contributed by atoms with Crippen LogP contribution in [0, 0.1) is 6.92 Å². The van der Waals surface area contributed by atoms with Crippen molar-refractivity contribution < 1.29 is 22.0 Å². The molecule has 0 radical (unpaired) electrons. The summed E-state index contributed by atoms with van der Waals surface area (Å²) in [5.41, 5.74) is 0.630. The molecule has 1 amide bonds. The van der Waals surface area contributed by atoms with Crippen molar-refractivity contribution in [3.05, 3.63) is 41.6 Å². The Morgan fingerprint density at radius 2 is 1.62 bits per heavy atom. The lowest BCUT2D eigenvalue weighted by atomic mass is 10.2. The Morgan fingerprint density at radius 3 is 2.28 bits per heavy atom. The van der Waals surface area contributed by atoms with Crippen LogP contribution < -0.4 is 9.80 Å². The van der Waals surface area contributed by atoms with E-state index in [9.17, 15) is 22.0 Å². The van der Waals surface area contributed by atoms with Gasteiger partial charge >= 0.3 is 5.76 Å². The summed E-state index contributed by atoms with van der Waals surface area (Å²) in [5.74, 6) is -2.67. The topological polar surface area (TPSA) is 86.7 Å². The van der Waals surface area contributed by atoms with Gasteiger partial charge in [0.25, 0.3) is 5.91 Å². The van der Waals surface area contributed by atoms with Crippen LogP contribution in [0.15, 0.2) is 35.2 Å². The van der Waals surface area contributed by atoms with Crippen molar-refractivity contribution in [2.24, 2.45) is 0 Å². The highest BCUT2D eigenvalue weighted by molar-refractivity contribution is 7.91. The zero-order valence-corrected chi connectivity index (χ0v) is 18.6. The van der Waals surface area contributed by atoms with Gasteiger partial charge in [-0.05, 0) is 31.9 Å². The molecular formula is C21H25F2N5O3S. The van der Waals surface area contributed by atoms with E-state index in [0.717, 1.165) is 43.5 Å². The minimum absolute atomic E-state index is 0.232. The lowest BCUT2D eigenvalue weighted by Gasteiger charge is -2.35. The number of aryl methyl sites for hydroxylation is 1. The third-order valence-electron chi connectivity index (χ3n) is 5.77. The van der Waals surface area contributed by atoms with Crippen LogP contribution in [-0.2, 0) is 9.84 Å². The van der Waals surface area contributed by atoms with Crippen LogP contribution in [0.25, 0.3) is 0 Å². The van der Waals surface area contributed by atoms with Gasteiger partial charge in [0, 0.05) is 51.0 Å². The maximum absolute atomic E-state index is 13.1. The molecule has 1 aromatic heterocycles. The minimum atomic E-state index is -4.88. The fourth-order valence-electron chi connectivity index (χ4n) is 4.05. The van der Waals surface area contributed by atoms with Crippen LogP contribution >= 0.6 is 0 Å². The fraction of sp³-hybridized carbons (Fsp3) is 0.476. The summed E-state index contributed by atoms with van der Waals surface area (Å²) in [7, 11) is -4.88. The molecule has 0 atom stereocenters. The largest absolute Gasteiger partial charge is 0.356 e. The van der Waals surface area contributed by atoms with Gasteiger partial charge in [0.2, 0.25) is 15.8 Å². The number of carbonyl (C=O) groups is 1. The third-order valence-corrected chi connectivity index (χ3v) is 7.21. The smallest absolute Gasteiger partial charge is 0.341 e. The molecule has 2 aromatic rings. The third kappa shape index (κ3) is 4.38. The van der Waals surface area contributed by atoms with Gasteiger partial charge in [-0.15, -0.1) is 0 Å². The van der Waals surface area contributed by atoms with Gasteiger partial charge in [-0.3, -0.25) is 4.79 Å². The molecule has 1 aromatic carbocycles. The Hall–Kier alpha value is -2.82. The van der Waals surface area contributed by atoms with Crippen LogP contribution in [-0.4, -0.2) is 74.2 Å². The normalized spacial score (nSPS) is 17.3. The Morgan fingerprint density at radius 1 is 0.969 bits per heavy atom. The molecule has 0 bridgehead atoms. The van der Waals surface area contributed by atoms with Crippen molar-refractivity contribution in [2.75, 3.05) is 49.1 Å². The molecule has 3 heterocycles. The van der Waals surface area contributed by atoms with E-state index in [1.807, 2.05) is 17.9 Å². The number of hydrogen-bond acceptors (Lipinski definition) is 7. The first kappa shape index (κ1) is 22.4. The van der Waals surface area contributed by atoms with E-state index < -0.39 is 26.4 Å². The summed E-state index contributed by atoms with van der Waals surface area (Å²) >= 11 is 0. The molecule has 4 rings (SSSR count). The second-order valence-electron chi connectivity index (χ2n) is 7.94. The van der Waals surface area contributed by atoms with Crippen molar-refractivity contribution in [1.29, 1.82) is 0 Å². The highest BCUT2D eigenvalue weighted by Crippen LogP contribution is 2.25. The van der Waals surface area contributed by atoms with E-state index in [2.05, 4.69) is 9.88 Å². The molecule has 0 saturated carbocycles. The molecule has 0 aliphatic carbocycles. The van der Waals surface area contributed by atoms with E-state index in [0.29, 0.717) is 32.1 Å². The molecule has 0 unspecified atom stereocenters. The molecule has 2 saturated heterocycles. The van der Waals surface area contributed by atoms with Crippen LogP contribution in [0.4, 0.5) is 20.5 Å². The number of alkyl halides is 2. The molecule has 11 heteroatoms. The molecule has 2 aliphatic heterocycles. The van der Waals surface area contributed by atoms with Crippen molar-refractivity contribution in [1.82, 2.24) is 14.9 Å². The molecule has 172 valence electrons. The van der Waals surface area contributed by atoms with Crippen molar-refractivity contribution in [3.8, 4) is 0 Å². The Bertz CT molecular complexity index is 1100. The number of piperazine rings is 1. The number of hydrogen-bond donors (Lipinski definition) is 0. The van der Waals surface area contributed by atoms with E-state index in [1.54, 1.807) is 0 Å². The van der Waals surface area contributed by atoms with Crippen molar-refractivity contribution in [2.45, 2.75) is 30.4 Å². The van der Waals surface area contributed by atoms with Gasteiger partial charge < -0.3 is 14.7 Å². The minimum Gasteiger partial charge on any atom is -0.356 e. The van der Waals surface area contributed by atoms with Gasteiger partial charge in [0.05, 0.1) is 10.5 Å². The van der Waals surface area contributed by atoms with Crippen LogP contribution in [0.2, 0.25) is 0 Å². The second kappa shape index (κ2) is 8.97. The monoisotopic (exact) mass is 465 g/mol. The molecule has 2 fully saturated rings. The van der Waals surface area contributed by atoms with E-state index in [-0.39, 0.29) is 5.56 Å². The molecule has 0 spiro atoms. The van der Waals surface area contributed by atoms with Crippen LogP contribution in [0.5, 0.6) is 0 Å². The molecule has 8 nitrogen and oxygen atoms in total. The summed E-state index contributed by atoms with van der Waals surface area (Å²) in [6.45, 7) is 5.39. The standard InChI is InChI=1S/C21H25F2N5O3S/c1-15-14-18(26-8-4-5-9-26)25-21(24-15)28-12-10-27(11-13-28)19(29)16-6-2-3-7-17(16)32(30,31)20(22)23/h2-3,6-7,14,20H,4-5,8-13H2,1H3. The molecule has 2 aliphatic rings. The number of carbonyl (C=O) groups excluding carboxylic acids is 1. The van der Waals surface area contributed by atoms with Crippen LogP contribution in [0.3, 0.4) is 0 Å². The van der Waals surface area contributed by atoms with Crippen molar-refractivity contribution >= 4 is 27.5 Å². The quantitative estimate of drug-likeness (QED) is 0.670. The maximum atomic E-state index is 13.1. The first-order chi connectivity index (χ1) is 15.3. The SMILES string of the molecule is Cc1cc(N2CCCC2)nc(N2CCN(C(=O)c3ccccc3S(=O)(=O)C(F)F)CC2)n1. The number of nitrogens with zero attached hydrogens (tertiary/aromatic N) is 5. The van der Waals surface area contributed by atoms with Crippen molar-refractivity contribution in [3.63, 3.8) is 0 Å². The van der Waals surface area contributed by atoms with Gasteiger partial charge in [0.15, 0.2) is 0 Å². The predicted octanol–water partition coefficient (Wildman–Crippen LogP) is 2.34. The zero-order chi connectivity index (χ0) is 22.9. The number of amides is 1. The van der Waals surface area contributed by atoms with Gasteiger partial charge in [-0.25, -0.2) is 13.4 Å². The number of anilines is 2. The van der Waals surface area contributed by atoms with Gasteiger partial charge in [-0.2, -0.15) is 13.8 Å². The highest BCUT2D eigenvalue weighted by atomic mass is 32.2. The molecular weight excluding hydrogens is 440 g/mol. The van der Waals surface area contributed by atoms with Gasteiger partial charge in [-0.1, -0.05) is 12.1 Å². The number of halogens is 2. The zero-order valence-electron chi connectivity index (χ0n) is 17.7. The summed E-state index contributed by atoms with van der Waals surface area (Å²) in [6.07, 6.45) is 2.28. The first-order valence-electron chi connectivity index (χ1n) is 10.5. The maximum Gasteiger partial charge on any atom is 0.341 e. The Balaban J connectivity index is 1.49. The Labute approximate surface area is 185 Å². The molecule has 0 N–H and O–H groups in total. The number of sulfone groups is 1. The first-order valence-corrected chi connectivity index (χ1v) is 12.1. The fourth-order valence-corrected chi connectivity index (χ4v) is 4.98. The Kier molecular flexibility index (Phi) is 6.27. The number of rotatable bonds is 5. The average molecular weight is 466 g/mol. The van der Waals surface area contributed by atoms with E-state index in [4.69, 9.17) is 4.98 Å². The second-order valence-corrected chi connectivity index (χ2v) is 9.83. The van der Waals surface area contributed by atoms with E-state index >= 15 is 0 Å². The number of benzene rings is 1. The lowest BCUT2D eigenvalue weighted by molar-refractivity contribution is 0.0742. The summed E-state index contributed by atoms with van der Waals surface area (Å²) in [6, 6.07) is 7.09. The summed E-state index contributed by atoms with van der Waals surface area (Å²) < 4.78 is 50.1. The lowest BCUT2D eigenvalue weighted by Crippen LogP contribution is -2.49. The summed E-state index contributed by atoms with van der Waals surface area (Å²) in [5, 5.41) is 0. The number of aromatic nitrogens is 2.